The fourth-order valence-corrected chi connectivity index (χ4v) is 5.19. The van der Waals surface area contributed by atoms with E-state index < -0.39 is 0 Å². The van der Waals surface area contributed by atoms with Gasteiger partial charge in [-0.1, -0.05) is 6.08 Å². The molecule has 0 spiro atoms. The molecule has 0 saturated carbocycles. The monoisotopic (exact) mass is 331 g/mol. The van der Waals surface area contributed by atoms with E-state index in [9.17, 15) is 10.2 Å². The molecule has 1 saturated heterocycles. The van der Waals surface area contributed by atoms with Crippen molar-refractivity contribution in [1.29, 1.82) is 0 Å². The second kappa shape index (κ2) is 6.64. The summed E-state index contributed by atoms with van der Waals surface area (Å²) in [5, 5.41) is 19.0. The number of aliphatic hydroxyl groups excluding tert-OH is 2. The van der Waals surface area contributed by atoms with Gasteiger partial charge < -0.3 is 15.1 Å². The third-order valence-electron chi connectivity index (χ3n) is 6.13. The first-order valence-electron chi connectivity index (χ1n) is 9.29. The third kappa shape index (κ3) is 2.54. The quantitative estimate of drug-likeness (QED) is 0.802. The van der Waals surface area contributed by atoms with Crippen LogP contribution < -0.4 is 0 Å². The fraction of sp³-hybridized carbons (Fsp3) is 0.684. The molecule has 0 amide bonds. The highest BCUT2D eigenvalue weighted by molar-refractivity contribution is 5.40. The van der Waals surface area contributed by atoms with E-state index >= 15 is 0 Å². The second-order valence-electron chi connectivity index (χ2n) is 7.44. The molecule has 0 aromatic rings. The maximum Gasteiger partial charge on any atom is 0.0558 e. The van der Waals surface area contributed by atoms with Crippen LogP contribution in [0.2, 0.25) is 0 Å². The molecule has 1 aliphatic carbocycles. The molecule has 5 nitrogen and oxygen atoms in total. The highest BCUT2D eigenvalue weighted by atomic mass is 16.3. The minimum absolute atomic E-state index is 0.211. The van der Waals surface area contributed by atoms with Crippen molar-refractivity contribution in [2.45, 2.75) is 44.3 Å². The molecule has 1 fully saturated rings. The number of β-amino-alcohol motifs (C(OH)–C–C–N with tert-alkyl or cyclic N) is 2. The lowest BCUT2D eigenvalue weighted by molar-refractivity contribution is -0.0175. The molecule has 4 rings (SSSR count). The topological polar surface area (TPSA) is 50.2 Å². The number of piperazine rings is 1. The molecule has 132 valence electrons. The zero-order valence-corrected chi connectivity index (χ0v) is 14.6. The zero-order chi connectivity index (χ0) is 16.7. The van der Waals surface area contributed by atoms with Crippen LogP contribution in [0.15, 0.2) is 35.2 Å². The molecule has 24 heavy (non-hydrogen) atoms. The van der Waals surface area contributed by atoms with Gasteiger partial charge in [0.2, 0.25) is 0 Å². The average Bonchev–Trinajstić information content (AvgIpc) is 2.95. The number of rotatable bonds is 4. The maximum atomic E-state index is 9.55. The molecule has 5 heteroatoms. The third-order valence-corrected chi connectivity index (χ3v) is 6.13. The highest BCUT2D eigenvalue weighted by Gasteiger charge is 2.48. The van der Waals surface area contributed by atoms with Gasteiger partial charge in [0, 0.05) is 44.1 Å². The zero-order valence-electron chi connectivity index (χ0n) is 14.6. The Balaban J connectivity index is 1.69. The van der Waals surface area contributed by atoms with Gasteiger partial charge in [-0.3, -0.25) is 9.80 Å². The highest BCUT2D eigenvalue weighted by Crippen LogP contribution is 2.43. The Morgan fingerprint density at radius 3 is 2.67 bits per heavy atom. The van der Waals surface area contributed by atoms with Gasteiger partial charge in [-0.15, -0.1) is 0 Å². The van der Waals surface area contributed by atoms with Gasteiger partial charge in [-0.05, 0) is 43.4 Å². The Morgan fingerprint density at radius 1 is 1.12 bits per heavy atom. The molecule has 3 atom stereocenters. The molecular weight excluding hydrogens is 302 g/mol. The van der Waals surface area contributed by atoms with Crippen LogP contribution >= 0.6 is 0 Å². The summed E-state index contributed by atoms with van der Waals surface area (Å²) in [6.07, 6.45) is 10.4. The van der Waals surface area contributed by atoms with Crippen LogP contribution in [0.1, 0.15) is 26.2 Å². The van der Waals surface area contributed by atoms with Gasteiger partial charge in [0.1, 0.15) is 0 Å². The molecule has 3 heterocycles. The molecule has 0 bridgehead atoms. The average molecular weight is 331 g/mol. The lowest BCUT2D eigenvalue weighted by Gasteiger charge is -2.54. The van der Waals surface area contributed by atoms with E-state index in [-0.39, 0.29) is 13.2 Å². The largest absolute Gasteiger partial charge is 0.395 e. The summed E-state index contributed by atoms with van der Waals surface area (Å²) in [6.45, 7) is 6.07. The predicted molar refractivity (Wildman–Crippen MR) is 94.3 cm³/mol. The van der Waals surface area contributed by atoms with Crippen LogP contribution in [0.3, 0.4) is 0 Å². The number of allylic oxidation sites excluding steroid dienone is 2. The van der Waals surface area contributed by atoms with Crippen molar-refractivity contribution in [3.8, 4) is 0 Å². The second-order valence-corrected chi connectivity index (χ2v) is 7.44. The van der Waals surface area contributed by atoms with Gasteiger partial charge in [0.15, 0.2) is 0 Å². The molecule has 0 radical (unpaired) electrons. The normalized spacial score (nSPS) is 33.4. The molecule has 3 aliphatic heterocycles. The van der Waals surface area contributed by atoms with Crippen molar-refractivity contribution >= 4 is 0 Å². The number of hydrogen-bond donors (Lipinski definition) is 2. The van der Waals surface area contributed by atoms with Gasteiger partial charge in [0.05, 0.1) is 25.3 Å². The van der Waals surface area contributed by atoms with Gasteiger partial charge >= 0.3 is 0 Å². The van der Waals surface area contributed by atoms with E-state index in [0.29, 0.717) is 18.1 Å². The summed E-state index contributed by atoms with van der Waals surface area (Å²) in [5.74, 6) is 0. The molecule has 1 unspecified atom stereocenters. The van der Waals surface area contributed by atoms with Crippen LogP contribution in [-0.2, 0) is 0 Å². The van der Waals surface area contributed by atoms with Gasteiger partial charge in [-0.25, -0.2) is 0 Å². The lowest BCUT2D eigenvalue weighted by Crippen LogP contribution is -2.67. The fourth-order valence-electron chi connectivity index (χ4n) is 5.19. The van der Waals surface area contributed by atoms with Crippen LogP contribution in [0.5, 0.6) is 0 Å². The van der Waals surface area contributed by atoms with Crippen LogP contribution in [0.4, 0.5) is 0 Å². The number of hydrogen-bond acceptors (Lipinski definition) is 5. The Hall–Kier alpha value is -1.14. The van der Waals surface area contributed by atoms with Gasteiger partial charge in [0.25, 0.3) is 0 Å². The van der Waals surface area contributed by atoms with E-state index in [1.807, 2.05) is 0 Å². The summed E-state index contributed by atoms with van der Waals surface area (Å²) >= 11 is 0. The SMILES string of the molecule is CC1=CN2C3=C(CCC=C3)C[C@H]2[C@H]2C1N(CCO)CCN2CCO. The summed E-state index contributed by atoms with van der Waals surface area (Å²) in [6, 6.07) is 1.20. The Kier molecular flexibility index (Phi) is 4.52. The van der Waals surface area contributed by atoms with Crippen molar-refractivity contribution in [3.63, 3.8) is 0 Å². The minimum Gasteiger partial charge on any atom is -0.395 e. The Morgan fingerprint density at radius 2 is 1.88 bits per heavy atom. The number of nitrogens with zero attached hydrogens (tertiary/aromatic N) is 3. The van der Waals surface area contributed by atoms with E-state index in [0.717, 1.165) is 39.0 Å². The Labute approximate surface area is 144 Å². The van der Waals surface area contributed by atoms with Crippen molar-refractivity contribution in [3.05, 3.63) is 35.2 Å². The number of aliphatic hydroxyl groups is 2. The number of fused-ring (bicyclic) bond motifs is 4. The molecule has 0 aromatic heterocycles. The molecule has 2 N–H and O–H groups in total. The first-order valence-corrected chi connectivity index (χ1v) is 9.29. The predicted octanol–water partition coefficient (Wildman–Crippen LogP) is 0.922. The molecular formula is C19H29N3O2. The van der Waals surface area contributed by atoms with Crippen molar-refractivity contribution < 1.29 is 10.2 Å². The van der Waals surface area contributed by atoms with Crippen LogP contribution in [0.25, 0.3) is 0 Å². The Bertz CT molecular complexity index is 583. The summed E-state index contributed by atoms with van der Waals surface area (Å²) in [7, 11) is 0. The van der Waals surface area contributed by atoms with E-state index in [2.05, 4.69) is 40.0 Å². The molecule has 0 aromatic carbocycles. The van der Waals surface area contributed by atoms with Crippen molar-refractivity contribution in [2.75, 3.05) is 39.4 Å². The summed E-state index contributed by atoms with van der Waals surface area (Å²) in [5.41, 5.74) is 4.38. The van der Waals surface area contributed by atoms with Crippen LogP contribution in [0, 0.1) is 0 Å². The summed E-state index contributed by atoms with van der Waals surface area (Å²) < 4.78 is 0. The lowest BCUT2D eigenvalue weighted by atomic mass is 9.84. The van der Waals surface area contributed by atoms with E-state index in [1.54, 1.807) is 5.57 Å². The van der Waals surface area contributed by atoms with E-state index in [1.165, 1.54) is 17.7 Å². The van der Waals surface area contributed by atoms with Crippen molar-refractivity contribution in [2.24, 2.45) is 0 Å². The first-order chi connectivity index (χ1) is 11.7. The molecule has 4 aliphatic rings. The summed E-state index contributed by atoms with van der Waals surface area (Å²) in [4.78, 5) is 7.41. The van der Waals surface area contributed by atoms with Crippen LogP contribution in [-0.4, -0.2) is 82.4 Å². The smallest absolute Gasteiger partial charge is 0.0558 e. The first kappa shape index (κ1) is 16.3. The van der Waals surface area contributed by atoms with E-state index in [4.69, 9.17) is 0 Å². The maximum absolute atomic E-state index is 9.55. The van der Waals surface area contributed by atoms with Crippen molar-refractivity contribution in [1.82, 2.24) is 14.7 Å². The van der Waals surface area contributed by atoms with Gasteiger partial charge in [-0.2, -0.15) is 0 Å². The standard InChI is InChI=1S/C19H29N3O2/c1-14-13-22-16-5-3-2-4-15(16)12-17(22)19-18(14)20(8-10-23)6-7-21(19)9-11-24/h3,5,13,17-19,23-24H,2,4,6-12H2,1H3/t17-,18?,19-/m0/s1. The minimum atomic E-state index is 0.211.